The van der Waals surface area contributed by atoms with Crippen LogP contribution in [0.4, 0.5) is 15.8 Å². The highest BCUT2D eigenvalue weighted by Gasteiger charge is 2.37. The lowest BCUT2D eigenvalue weighted by Gasteiger charge is -2.31. The molecule has 0 saturated heterocycles. The van der Waals surface area contributed by atoms with Crippen molar-refractivity contribution < 1.29 is 4.39 Å². The van der Waals surface area contributed by atoms with Crippen LogP contribution in [0.25, 0.3) is 0 Å². The molecule has 2 nitrogen and oxygen atoms in total. The molecule has 0 amide bonds. The fourth-order valence-electron chi connectivity index (χ4n) is 3.39. The zero-order chi connectivity index (χ0) is 11.9. The quantitative estimate of drug-likeness (QED) is 0.741. The molecule has 92 valence electrons. The molecule has 1 spiro atoms. The molecule has 1 aromatic rings. The third-order valence-corrected chi connectivity index (χ3v) is 4.28. The Morgan fingerprint density at radius 2 is 2.06 bits per heavy atom. The van der Waals surface area contributed by atoms with Crippen molar-refractivity contribution in [3.05, 3.63) is 24.0 Å². The molecule has 3 rings (SSSR count). The molecule has 0 atom stereocenters. The van der Waals surface area contributed by atoms with E-state index in [1.807, 2.05) is 6.07 Å². The van der Waals surface area contributed by atoms with Crippen molar-refractivity contribution in [2.24, 2.45) is 5.41 Å². The van der Waals surface area contributed by atoms with Gasteiger partial charge in [-0.1, -0.05) is 18.9 Å². The monoisotopic (exact) mass is 234 g/mol. The third-order valence-electron chi connectivity index (χ3n) is 4.28. The Morgan fingerprint density at radius 3 is 2.82 bits per heavy atom. The maximum absolute atomic E-state index is 13.8. The molecule has 1 fully saturated rings. The van der Waals surface area contributed by atoms with Gasteiger partial charge in [-0.3, -0.25) is 0 Å². The summed E-state index contributed by atoms with van der Waals surface area (Å²) in [5.74, 6) is -0.135. The van der Waals surface area contributed by atoms with Gasteiger partial charge < -0.3 is 10.2 Å². The van der Waals surface area contributed by atoms with Crippen LogP contribution < -0.4 is 10.2 Å². The number of hydrogen-bond acceptors (Lipinski definition) is 2. The van der Waals surface area contributed by atoms with Crippen LogP contribution in [-0.2, 0) is 0 Å². The van der Waals surface area contributed by atoms with Crippen LogP contribution in [0, 0.1) is 11.2 Å². The molecule has 0 unspecified atom stereocenters. The molecule has 2 aliphatic rings. The average Bonchev–Trinajstić information content (AvgIpc) is 2.70. The largest absolute Gasteiger partial charge is 0.380 e. The minimum absolute atomic E-state index is 0.135. The number of nitrogens with one attached hydrogen (secondary N) is 1. The van der Waals surface area contributed by atoms with Gasteiger partial charge in [-0.05, 0) is 25.0 Å². The molecule has 1 N–H and O–H groups in total. The standard InChI is InChI=1S/C14H19FN2/c1-17-10-14(7-2-3-8-14)9-16-13-11(15)5-4-6-12(13)17/h4-6,16H,2-3,7-10H2,1H3. The van der Waals surface area contributed by atoms with Crippen molar-refractivity contribution in [3.63, 3.8) is 0 Å². The van der Waals surface area contributed by atoms with Crippen LogP contribution in [0.15, 0.2) is 18.2 Å². The van der Waals surface area contributed by atoms with Gasteiger partial charge in [0, 0.05) is 25.6 Å². The SMILES string of the molecule is CN1CC2(CCCC2)CNc2c(F)cccc21. The Bertz CT molecular complexity index is 424. The summed E-state index contributed by atoms with van der Waals surface area (Å²) in [6.07, 6.45) is 5.16. The predicted octanol–water partition coefficient (Wildman–Crippen LogP) is 3.25. The van der Waals surface area contributed by atoms with E-state index in [2.05, 4.69) is 17.3 Å². The number of rotatable bonds is 0. The lowest BCUT2D eigenvalue weighted by molar-refractivity contribution is 0.330. The highest BCUT2D eigenvalue weighted by atomic mass is 19.1. The summed E-state index contributed by atoms with van der Waals surface area (Å²) in [4.78, 5) is 2.21. The summed E-state index contributed by atoms with van der Waals surface area (Å²) < 4.78 is 13.8. The number of para-hydroxylation sites is 1. The first-order valence-electron chi connectivity index (χ1n) is 6.44. The molecule has 0 radical (unpaired) electrons. The van der Waals surface area contributed by atoms with E-state index in [0.717, 1.165) is 18.8 Å². The first-order chi connectivity index (χ1) is 8.20. The normalized spacial score (nSPS) is 22.1. The van der Waals surface area contributed by atoms with E-state index >= 15 is 0 Å². The molecule has 1 saturated carbocycles. The Morgan fingerprint density at radius 1 is 1.29 bits per heavy atom. The number of benzene rings is 1. The van der Waals surface area contributed by atoms with Crippen molar-refractivity contribution in [1.82, 2.24) is 0 Å². The van der Waals surface area contributed by atoms with Gasteiger partial charge in [-0.2, -0.15) is 0 Å². The summed E-state index contributed by atoms with van der Waals surface area (Å²) in [5.41, 5.74) is 2.02. The number of hydrogen-bond donors (Lipinski definition) is 1. The van der Waals surface area contributed by atoms with Crippen LogP contribution in [0.5, 0.6) is 0 Å². The van der Waals surface area contributed by atoms with Crippen molar-refractivity contribution >= 4 is 11.4 Å². The van der Waals surface area contributed by atoms with E-state index in [0.29, 0.717) is 11.1 Å². The van der Waals surface area contributed by atoms with Gasteiger partial charge in [-0.25, -0.2) is 4.39 Å². The van der Waals surface area contributed by atoms with Gasteiger partial charge in [-0.15, -0.1) is 0 Å². The molecule has 1 aliphatic carbocycles. The molecule has 1 aromatic carbocycles. The molecule has 0 bridgehead atoms. The van der Waals surface area contributed by atoms with Crippen molar-refractivity contribution in [1.29, 1.82) is 0 Å². The molecular formula is C14H19FN2. The fraction of sp³-hybridized carbons (Fsp3) is 0.571. The first kappa shape index (κ1) is 10.9. The Balaban J connectivity index is 1.97. The molecule has 1 aliphatic heterocycles. The number of anilines is 2. The molecule has 1 heterocycles. The molecule has 17 heavy (non-hydrogen) atoms. The Hall–Kier alpha value is -1.25. The lowest BCUT2D eigenvalue weighted by Crippen LogP contribution is -2.36. The van der Waals surface area contributed by atoms with Crippen LogP contribution in [0.3, 0.4) is 0 Å². The van der Waals surface area contributed by atoms with Gasteiger partial charge in [0.1, 0.15) is 5.82 Å². The zero-order valence-corrected chi connectivity index (χ0v) is 10.3. The number of nitrogens with zero attached hydrogens (tertiary/aromatic N) is 1. The van der Waals surface area contributed by atoms with Gasteiger partial charge >= 0.3 is 0 Å². The summed E-state index contributed by atoms with van der Waals surface area (Å²) in [6.45, 7) is 1.95. The Labute approximate surface area is 102 Å². The average molecular weight is 234 g/mol. The second-order valence-electron chi connectivity index (χ2n) is 5.55. The lowest BCUT2D eigenvalue weighted by atomic mass is 9.86. The van der Waals surface area contributed by atoms with Gasteiger partial charge in [0.05, 0.1) is 11.4 Å². The second kappa shape index (κ2) is 3.90. The van der Waals surface area contributed by atoms with Gasteiger partial charge in [0.2, 0.25) is 0 Å². The second-order valence-corrected chi connectivity index (χ2v) is 5.55. The van der Waals surface area contributed by atoms with E-state index in [9.17, 15) is 4.39 Å². The predicted molar refractivity (Wildman–Crippen MR) is 69.1 cm³/mol. The summed E-state index contributed by atoms with van der Waals surface area (Å²) in [5, 5.41) is 3.34. The molecule has 3 heteroatoms. The van der Waals surface area contributed by atoms with E-state index in [1.165, 1.54) is 31.7 Å². The summed E-state index contributed by atoms with van der Waals surface area (Å²) in [6, 6.07) is 5.32. The first-order valence-corrected chi connectivity index (χ1v) is 6.44. The molecule has 0 aromatic heterocycles. The highest BCUT2D eigenvalue weighted by molar-refractivity contribution is 5.71. The van der Waals surface area contributed by atoms with Crippen LogP contribution >= 0.6 is 0 Å². The molecular weight excluding hydrogens is 215 g/mol. The minimum Gasteiger partial charge on any atom is -0.380 e. The third kappa shape index (κ3) is 1.78. The van der Waals surface area contributed by atoms with E-state index in [4.69, 9.17) is 0 Å². The summed E-state index contributed by atoms with van der Waals surface area (Å²) in [7, 11) is 2.07. The van der Waals surface area contributed by atoms with Crippen molar-refractivity contribution in [3.8, 4) is 0 Å². The fourth-order valence-corrected chi connectivity index (χ4v) is 3.39. The van der Waals surface area contributed by atoms with Crippen LogP contribution in [0.1, 0.15) is 25.7 Å². The van der Waals surface area contributed by atoms with Gasteiger partial charge in [0.15, 0.2) is 0 Å². The van der Waals surface area contributed by atoms with E-state index in [1.54, 1.807) is 6.07 Å². The number of halogens is 1. The van der Waals surface area contributed by atoms with Gasteiger partial charge in [0.25, 0.3) is 0 Å². The van der Waals surface area contributed by atoms with E-state index in [-0.39, 0.29) is 5.82 Å². The summed E-state index contributed by atoms with van der Waals surface area (Å²) >= 11 is 0. The maximum atomic E-state index is 13.8. The van der Waals surface area contributed by atoms with E-state index < -0.39 is 0 Å². The highest BCUT2D eigenvalue weighted by Crippen LogP contribution is 2.43. The smallest absolute Gasteiger partial charge is 0.148 e. The number of fused-ring (bicyclic) bond motifs is 1. The minimum atomic E-state index is -0.135. The Kier molecular flexibility index (Phi) is 2.49. The van der Waals surface area contributed by atoms with Crippen molar-refractivity contribution in [2.45, 2.75) is 25.7 Å². The topological polar surface area (TPSA) is 15.3 Å². The van der Waals surface area contributed by atoms with Crippen molar-refractivity contribution in [2.75, 3.05) is 30.4 Å². The van der Waals surface area contributed by atoms with Crippen LogP contribution in [0.2, 0.25) is 0 Å². The van der Waals surface area contributed by atoms with Crippen LogP contribution in [-0.4, -0.2) is 20.1 Å². The maximum Gasteiger partial charge on any atom is 0.148 e. The zero-order valence-electron chi connectivity index (χ0n) is 10.3.